The van der Waals surface area contributed by atoms with Gasteiger partial charge in [-0.25, -0.2) is 0 Å². The number of hydrogen-bond donors (Lipinski definition) is 1. The largest absolute Gasteiger partial charge is 0.496 e. The van der Waals surface area contributed by atoms with Crippen LogP contribution in [-0.4, -0.2) is 18.0 Å². The number of thiophene rings is 1. The summed E-state index contributed by atoms with van der Waals surface area (Å²) in [5.74, 6) is 3.16. The molecule has 0 aliphatic carbocycles. The van der Waals surface area contributed by atoms with Crippen LogP contribution in [0.4, 0.5) is 0 Å². The predicted molar refractivity (Wildman–Crippen MR) is 90.7 cm³/mol. The molecule has 1 atom stereocenters. The van der Waals surface area contributed by atoms with Crippen LogP contribution in [-0.2, 0) is 12.2 Å². The third-order valence-electron chi connectivity index (χ3n) is 3.99. The zero-order valence-electron chi connectivity index (χ0n) is 12.6. The SMILES string of the molecule is COc1cc(C)c(C(O)c2cc3c(s2)CCSC3)cc1C. The fourth-order valence-corrected chi connectivity index (χ4v) is 5.17. The second-order valence-electron chi connectivity index (χ2n) is 5.48. The molecular formula is C17H20O2S2. The molecule has 1 N–H and O–H groups in total. The standard InChI is InChI=1S/C17H20O2S2/c1-10-7-14(19-3)11(2)6-13(10)17(18)16-8-12-9-20-5-4-15(12)21-16/h6-8,17-18H,4-5,9H2,1-3H3. The molecule has 1 aromatic heterocycles. The molecule has 0 spiro atoms. The van der Waals surface area contributed by atoms with Gasteiger partial charge in [0.25, 0.3) is 0 Å². The average Bonchev–Trinajstić information content (AvgIpc) is 2.92. The Labute approximate surface area is 134 Å². The van der Waals surface area contributed by atoms with Gasteiger partial charge in [-0.1, -0.05) is 0 Å². The van der Waals surface area contributed by atoms with Crippen molar-refractivity contribution < 1.29 is 9.84 Å². The number of fused-ring (bicyclic) bond motifs is 1. The van der Waals surface area contributed by atoms with Gasteiger partial charge in [0, 0.05) is 15.5 Å². The van der Waals surface area contributed by atoms with E-state index in [0.29, 0.717) is 0 Å². The zero-order valence-corrected chi connectivity index (χ0v) is 14.2. The Balaban J connectivity index is 1.96. The lowest BCUT2D eigenvalue weighted by Gasteiger charge is -2.15. The molecule has 2 heterocycles. The molecule has 2 aromatic rings. The molecule has 1 aliphatic heterocycles. The number of thioether (sulfide) groups is 1. The van der Waals surface area contributed by atoms with Gasteiger partial charge in [0.15, 0.2) is 0 Å². The van der Waals surface area contributed by atoms with Crippen LogP contribution >= 0.6 is 23.1 Å². The minimum absolute atomic E-state index is 0.532. The number of ether oxygens (including phenoxy) is 1. The molecule has 2 nitrogen and oxygen atoms in total. The summed E-state index contributed by atoms with van der Waals surface area (Å²) in [5, 5.41) is 10.8. The number of aliphatic hydroxyl groups excluding tert-OH is 1. The smallest absolute Gasteiger partial charge is 0.122 e. The lowest BCUT2D eigenvalue weighted by molar-refractivity contribution is 0.223. The van der Waals surface area contributed by atoms with E-state index in [2.05, 4.69) is 6.07 Å². The third-order valence-corrected chi connectivity index (χ3v) is 6.29. The summed E-state index contributed by atoms with van der Waals surface area (Å²) in [6.07, 6.45) is 0.605. The summed E-state index contributed by atoms with van der Waals surface area (Å²) in [6.45, 7) is 4.05. The molecule has 0 amide bonds. The monoisotopic (exact) mass is 320 g/mol. The van der Waals surface area contributed by atoms with Gasteiger partial charge in [0.05, 0.1) is 7.11 Å². The summed E-state index contributed by atoms with van der Waals surface area (Å²) >= 11 is 3.75. The molecule has 0 saturated carbocycles. The summed E-state index contributed by atoms with van der Waals surface area (Å²) in [7, 11) is 1.68. The van der Waals surface area contributed by atoms with E-state index in [1.807, 2.05) is 37.7 Å². The second-order valence-corrected chi connectivity index (χ2v) is 7.75. The number of aryl methyl sites for hydroxylation is 3. The van der Waals surface area contributed by atoms with Crippen molar-refractivity contribution in [2.24, 2.45) is 0 Å². The highest BCUT2D eigenvalue weighted by molar-refractivity contribution is 7.98. The molecule has 1 aromatic carbocycles. The van der Waals surface area contributed by atoms with Gasteiger partial charge >= 0.3 is 0 Å². The van der Waals surface area contributed by atoms with E-state index in [1.165, 1.54) is 16.2 Å². The summed E-state index contributed by atoms with van der Waals surface area (Å²) in [4.78, 5) is 2.51. The first kappa shape index (κ1) is 14.9. The molecular weight excluding hydrogens is 300 g/mol. The van der Waals surface area contributed by atoms with E-state index in [-0.39, 0.29) is 0 Å². The first-order chi connectivity index (χ1) is 10.1. The van der Waals surface area contributed by atoms with Crippen LogP contribution in [0.3, 0.4) is 0 Å². The Morgan fingerprint density at radius 2 is 2.00 bits per heavy atom. The number of benzene rings is 1. The van der Waals surface area contributed by atoms with Crippen molar-refractivity contribution in [3.05, 3.63) is 50.2 Å². The Morgan fingerprint density at radius 3 is 2.71 bits per heavy atom. The maximum absolute atomic E-state index is 10.8. The van der Waals surface area contributed by atoms with E-state index in [9.17, 15) is 5.11 Å². The van der Waals surface area contributed by atoms with Crippen LogP contribution < -0.4 is 4.74 Å². The highest BCUT2D eigenvalue weighted by Gasteiger charge is 2.21. The van der Waals surface area contributed by atoms with Crippen molar-refractivity contribution in [3.63, 3.8) is 0 Å². The quantitative estimate of drug-likeness (QED) is 0.917. The Hall–Kier alpha value is -0.970. The van der Waals surface area contributed by atoms with Gasteiger partial charge in [-0.2, -0.15) is 11.8 Å². The van der Waals surface area contributed by atoms with Gasteiger partial charge in [-0.05, 0) is 66.5 Å². The second kappa shape index (κ2) is 6.03. The molecule has 0 bridgehead atoms. The minimum Gasteiger partial charge on any atom is -0.496 e. The summed E-state index contributed by atoms with van der Waals surface area (Å²) in [6, 6.07) is 6.25. The van der Waals surface area contributed by atoms with Crippen molar-refractivity contribution in [3.8, 4) is 5.75 Å². The fourth-order valence-electron chi connectivity index (χ4n) is 2.78. The normalized spacial score (nSPS) is 15.6. The Morgan fingerprint density at radius 1 is 1.19 bits per heavy atom. The number of aliphatic hydroxyl groups is 1. The molecule has 1 aliphatic rings. The van der Waals surface area contributed by atoms with Crippen LogP contribution in [0.25, 0.3) is 0 Å². The Bertz CT molecular complexity index is 638. The third kappa shape index (κ3) is 2.85. The maximum atomic E-state index is 10.8. The van der Waals surface area contributed by atoms with Crippen molar-refractivity contribution in [1.82, 2.24) is 0 Å². The zero-order chi connectivity index (χ0) is 15.0. The molecule has 4 heteroatoms. The van der Waals surface area contributed by atoms with E-state index >= 15 is 0 Å². The van der Waals surface area contributed by atoms with Crippen molar-refractivity contribution in [1.29, 1.82) is 0 Å². The molecule has 1 unspecified atom stereocenters. The van der Waals surface area contributed by atoms with Crippen molar-refractivity contribution >= 4 is 23.1 Å². The lowest BCUT2D eigenvalue weighted by Crippen LogP contribution is -2.02. The van der Waals surface area contributed by atoms with Crippen LogP contribution in [0.15, 0.2) is 18.2 Å². The van der Waals surface area contributed by atoms with E-state index in [4.69, 9.17) is 4.74 Å². The molecule has 112 valence electrons. The van der Waals surface area contributed by atoms with E-state index in [1.54, 1.807) is 18.4 Å². The number of rotatable bonds is 3. The highest BCUT2D eigenvalue weighted by atomic mass is 32.2. The van der Waals surface area contributed by atoms with Crippen LogP contribution in [0.5, 0.6) is 5.75 Å². The number of hydrogen-bond acceptors (Lipinski definition) is 4. The maximum Gasteiger partial charge on any atom is 0.122 e. The van der Waals surface area contributed by atoms with Crippen molar-refractivity contribution in [2.45, 2.75) is 32.1 Å². The highest BCUT2D eigenvalue weighted by Crippen LogP contribution is 2.38. The first-order valence-electron chi connectivity index (χ1n) is 7.12. The van der Waals surface area contributed by atoms with Crippen LogP contribution in [0.1, 0.15) is 38.1 Å². The van der Waals surface area contributed by atoms with E-state index in [0.717, 1.165) is 39.5 Å². The van der Waals surface area contributed by atoms with Gasteiger partial charge in [-0.3, -0.25) is 0 Å². The van der Waals surface area contributed by atoms with Gasteiger partial charge in [0.1, 0.15) is 11.9 Å². The molecule has 0 fully saturated rings. The fraction of sp³-hybridized carbons (Fsp3) is 0.412. The van der Waals surface area contributed by atoms with Crippen LogP contribution in [0, 0.1) is 13.8 Å². The van der Waals surface area contributed by atoms with E-state index < -0.39 is 6.10 Å². The molecule has 0 radical (unpaired) electrons. The molecule has 0 saturated heterocycles. The minimum atomic E-state index is -0.532. The lowest BCUT2D eigenvalue weighted by atomic mass is 9.98. The topological polar surface area (TPSA) is 29.5 Å². The molecule has 21 heavy (non-hydrogen) atoms. The first-order valence-corrected chi connectivity index (χ1v) is 9.09. The average molecular weight is 320 g/mol. The summed E-state index contributed by atoms with van der Waals surface area (Å²) in [5.41, 5.74) is 4.53. The predicted octanol–water partition coefficient (Wildman–Crippen LogP) is 4.24. The Kier molecular flexibility index (Phi) is 4.29. The van der Waals surface area contributed by atoms with Crippen LogP contribution in [0.2, 0.25) is 0 Å². The molecule has 3 rings (SSSR count). The summed E-state index contributed by atoms with van der Waals surface area (Å²) < 4.78 is 5.35. The van der Waals surface area contributed by atoms with Gasteiger partial charge in [0.2, 0.25) is 0 Å². The van der Waals surface area contributed by atoms with Gasteiger partial charge < -0.3 is 9.84 Å². The van der Waals surface area contributed by atoms with Crippen molar-refractivity contribution in [2.75, 3.05) is 12.9 Å². The number of methoxy groups -OCH3 is 1. The van der Waals surface area contributed by atoms with Gasteiger partial charge in [-0.15, -0.1) is 11.3 Å².